The zero-order valence-electron chi connectivity index (χ0n) is 9.59. The second-order valence-electron chi connectivity index (χ2n) is 4.14. The van der Waals surface area contributed by atoms with Gasteiger partial charge in [-0.3, -0.25) is 0 Å². The Balaban J connectivity index is 2.88. The van der Waals surface area contributed by atoms with Crippen LogP contribution in [0, 0.1) is 0 Å². The molecule has 1 aromatic rings. The summed E-state index contributed by atoms with van der Waals surface area (Å²) < 4.78 is 5.22. The first-order valence-corrected chi connectivity index (χ1v) is 5.04. The molecule has 0 aromatic carbocycles. The lowest BCUT2D eigenvalue weighted by Crippen LogP contribution is -2.33. The molecule has 0 aliphatic rings. The third kappa shape index (κ3) is 2.12. The van der Waals surface area contributed by atoms with Crippen LogP contribution in [0.3, 0.4) is 0 Å². The van der Waals surface area contributed by atoms with E-state index in [4.69, 9.17) is 4.52 Å². The molecule has 1 rings (SSSR count). The number of hydrogen-bond donors (Lipinski definition) is 1. The summed E-state index contributed by atoms with van der Waals surface area (Å²) in [6.45, 7) is 8.24. The fraction of sp³-hybridized carbons (Fsp3) is 0.800. The van der Waals surface area contributed by atoms with Crippen molar-refractivity contribution in [2.75, 3.05) is 7.05 Å². The van der Waals surface area contributed by atoms with Gasteiger partial charge >= 0.3 is 0 Å². The zero-order valence-corrected chi connectivity index (χ0v) is 9.59. The molecule has 1 N–H and O–H groups in total. The smallest absolute Gasteiger partial charge is 0.246 e. The molecular formula is C10H19N3O. The summed E-state index contributed by atoms with van der Waals surface area (Å²) in [4.78, 5) is 4.38. The topological polar surface area (TPSA) is 51.0 Å². The Morgan fingerprint density at radius 1 is 1.50 bits per heavy atom. The predicted molar refractivity (Wildman–Crippen MR) is 55.1 cm³/mol. The molecule has 4 heteroatoms. The molecule has 4 nitrogen and oxygen atoms in total. The van der Waals surface area contributed by atoms with Gasteiger partial charge in [-0.2, -0.15) is 4.98 Å². The van der Waals surface area contributed by atoms with Crippen molar-refractivity contribution in [1.29, 1.82) is 0 Å². The molecule has 1 heterocycles. The average molecular weight is 197 g/mol. The van der Waals surface area contributed by atoms with Gasteiger partial charge in [0.25, 0.3) is 0 Å². The molecule has 0 aliphatic carbocycles. The fourth-order valence-electron chi connectivity index (χ4n) is 0.978. The van der Waals surface area contributed by atoms with Gasteiger partial charge in [0.05, 0.1) is 5.54 Å². The molecule has 0 amide bonds. The van der Waals surface area contributed by atoms with Crippen molar-refractivity contribution in [3.05, 3.63) is 11.7 Å². The highest BCUT2D eigenvalue weighted by atomic mass is 16.5. The molecular weight excluding hydrogens is 178 g/mol. The fourth-order valence-corrected chi connectivity index (χ4v) is 0.978. The highest BCUT2D eigenvalue weighted by Gasteiger charge is 2.26. The van der Waals surface area contributed by atoms with Gasteiger partial charge in [0.2, 0.25) is 5.89 Å². The average Bonchev–Trinajstić information content (AvgIpc) is 2.66. The van der Waals surface area contributed by atoms with E-state index in [9.17, 15) is 0 Å². The lowest BCUT2D eigenvalue weighted by Gasteiger charge is -2.17. The van der Waals surface area contributed by atoms with Gasteiger partial charge in [0, 0.05) is 5.92 Å². The summed E-state index contributed by atoms with van der Waals surface area (Å²) in [5, 5.41) is 7.11. The molecule has 0 aliphatic heterocycles. The maximum Gasteiger partial charge on any atom is 0.246 e. The van der Waals surface area contributed by atoms with Crippen molar-refractivity contribution in [2.45, 2.75) is 45.6 Å². The van der Waals surface area contributed by atoms with E-state index in [1.54, 1.807) is 0 Å². The second-order valence-corrected chi connectivity index (χ2v) is 4.14. The minimum atomic E-state index is -0.251. The minimum Gasteiger partial charge on any atom is -0.337 e. The molecule has 0 bridgehead atoms. The molecule has 1 unspecified atom stereocenters. The monoisotopic (exact) mass is 197 g/mol. The van der Waals surface area contributed by atoms with Gasteiger partial charge in [-0.25, -0.2) is 0 Å². The molecule has 1 aromatic heterocycles. The molecule has 0 radical (unpaired) electrons. The quantitative estimate of drug-likeness (QED) is 0.802. The van der Waals surface area contributed by atoms with Crippen molar-refractivity contribution in [2.24, 2.45) is 0 Å². The standard InChI is InChI=1S/C10H19N3O/c1-6-7(2)8-12-9(14-13-8)10(3,4)11-5/h7,11H,6H2,1-5H3. The van der Waals surface area contributed by atoms with Crippen LogP contribution in [-0.4, -0.2) is 17.2 Å². The first-order chi connectivity index (χ1) is 6.51. The SMILES string of the molecule is CCC(C)c1noc(C(C)(C)NC)n1. The van der Waals surface area contributed by atoms with E-state index in [0.717, 1.165) is 12.2 Å². The van der Waals surface area contributed by atoms with Crippen LogP contribution in [0.1, 0.15) is 51.7 Å². The van der Waals surface area contributed by atoms with Gasteiger partial charge in [0.1, 0.15) is 0 Å². The summed E-state index contributed by atoms with van der Waals surface area (Å²) in [7, 11) is 1.88. The van der Waals surface area contributed by atoms with Gasteiger partial charge in [-0.1, -0.05) is 19.0 Å². The predicted octanol–water partition coefficient (Wildman–Crippen LogP) is 2.04. The van der Waals surface area contributed by atoms with Crippen LogP contribution in [0.5, 0.6) is 0 Å². The van der Waals surface area contributed by atoms with Crippen LogP contribution in [0.4, 0.5) is 0 Å². The Hall–Kier alpha value is -0.900. The lowest BCUT2D eigenvalue weighted by atomic mass is 10.1. The largest absolute Gasteiger partial charge is 0.337 e. The normalized spacial score (nSPS) is 14.4. The Morgan fingerprint density at radius 2 is 2.14 bits per heavy atom. The second kappa shape index (κ2) is 4.09. The van der Waals surface area contributed by atoms with Crippen LogP contribution in [0.2, 0.25) is 0 Å². The summed E-state index contributed by atoms with van der Waals surface area (Å²) in [5.74, 6) is 1.81. The number of aromatic nitrogens is 2. The number of nitrogens with one attached hydrogen (secondary N) is 1. The Bertz CT molecular complexity index is 293. The Kier molecular flexibility index (Phi) is 3.26. The van der Waals surface area contributed by atoms with Gasteiger partial charge in [-0.15, -0.1) is 0 Å². The van der Waals surface area contributed by atoms with Crippen molar-refractivity contribution in [3.8, 4) is 0 Å². The van der Waals surface area contributed by atoms with Crippen LogP contribution >= 0.6 is 0 Å². The van der Waals surface area contributed by atoms with Gasteiger partial charge < -0.3 is 9.84 Å². The molecule has 14 heavy (non-hydrogen) atoms. The zero-order chi connectivity index (χ0) is 10.8. The molecule has 80 valence electrons. The van der Waals surface area contributed by atoms with E-state index in [1.165, 1.54) is 0 Å². The van der Waals surface area contributed by atoms with E-state index in [0.29, 0.717) is 11.8 Å². The highest BCUT2D eigenvalue weighted by molar-refractivity contribution is 5.01. The van der Waals surface area contributed by atoms with Crippen LogP contribution in [0.25, 0.3) is 0 Å². The lowest BCUT2D eigenvalue weighted by molar-refractivity contribution is 0.279. The number of hydrogen-bond acceptors (Lipinski definition) is 4. The first-order valence-electron chi connectivity index (χ1n) is 5.04. The summed E-state index contributed by atoms with van der Waals surface area (Å²) in [5.41, 5.74) is -0.251. The number of nitrogens with zero attached hydrogens (tertiary/aromatic N) is 2. The molecule has 0 fully saturated rings. The third-order valence-corrected chi connectivity index (χ3v) is 2.65. The van der Waals surface area contributed by atoms with Crippen molar-refractivity contribution >= 4 is 0 Å². The Labute approximate surface area is 85.1 Å². The van der Waals surface area contributed by atoms with Crippen molar-refractivity contribution < 1.29 is 4.52 Å². The maximum absolute atomic E-state index is 5.22. The van der Waals surface area contributed by atoms with Crippen LogP contribution < -0.4 is 5.32 Å². The summed E-state index contributed by atoms with van der Waals surface area (Å²) in [6, 6.07) is 0. The molecule has 0 saturated carbocycles. The summed E-state index contributed by atoms with van der Waals surface area (Å²) in [6.07, 6.45) is 1.03. The molecule has 1 atom stereocenters. The maximum atomic E-state index is 5.22. The number of rotatable bonds is 4. The first kappa shape index (κ1) is 11.2. The Morgan fingerprint density at radius 3 is 2.64 bits per heavy atom. The van der Waals surface area contributed by atoms with Crippen molar-refractivity contribution in [1.82, 2.24) is 15.5 Å². The van der Waals surface area contributed by atoms with Crippen LogP contribution in [0.15, 0.2) is 4.52 Å². The van der Waals surface area contributed by atoms with Gasteiger partial charge in [0.15, 0.2) is 5.82 Å². The van der Waals surface area contributed by atoms with E-state index >= 15 is 0 Å². The summed E-state index contributed by atoms with van der Waals surface area (Å²) >= 11 is 0. The molecule has 0 saturated heterocycles. The highest BCUT2D eigenvalue weighted by Crippen LogP contribution is 2.21. The van der Waals surface area contributed by atoms with Gasteiger partial charge in [-0.05, 0) is 27.3 Å². The van der Waals surface area contributed by atoms with E-state index in [1.807, 2.05) is 20.9 Å². The molecule has 0 spiro atoms. The van der Waals surface area contributed by atoms with E-state index < -0.39 is 0 Å². The van der Waals surface area contributed by atoms with E-state index in [-0.39, 0.29) is 5.54 Å². The third-order valence-electron chi connectivity index (χ3n) is 2.65. The van der Waals surface area contributed by atoms with E-state index in [2.05, 4.69) is 29.3 Å². The van der Waals surface area contributed by atoms with Crippen LogP contribution in [-0.2, 0) is 5.54 Å². The minimum absolute atomic E-state index is 0.251. The van der Waals surface area contributed by atoms with Crippen molar-refractivity contribution in [3.63, 3.8) is 0 Å².